The van der Waals surface area contributed by atoms with Crippen molar-refractivity contribution in [3.05, 3.63) is 30.3 Å². The van der Waals surface area contributed by atoms with Crippen molar-refractivity contribution in [1.29, 1.82) is 0 Å². The summed E-state index contributed by atoms with van der Waals surface area (Å²) in [4.78, 5) is 7.46. The summed E-state index contributed by atoms with van der Waals surface area (Å²) in [6.07, 6.45) is 0. The van der Waals surface area contributed by atoms with E-state index in [1.54, 1.807) is 24.3 Å². The Labute approximate surface area is 119 Å². The molecule has 10 heteroatoms. The summed E-state index contributed by atoms with van der Waals surface area (Å²) in [5.41, 5.74) is -0.732. The summed E-state index contributed by atoms with van der Waals surface area (Å²) in [5.74, 6) is 0.0381. The number of guanidine groups is 1. The number of para-hydroxylation sites is 1. The lowest BCUT2D eigenvalue weighted by Gasteiger charge is -2.24. The average molecular weight is 323 g/mol. The Hall–Kier alpha value is -1.35. The van der Waals surface area contributed by atoms with Gasteiger partial charge in [-0.25, -0.2) is 4.99 Å². The van der Waals surface area contributed by atoms with Crippen molar-refractivity contribution in [3.63, 3.8) is 0 Å². The molecule has 1 aromatic rings. The smallest absolute Gasteiger partial charge is 0.324 e. The van der Waals surface area contributed by atoms with Crippen molar-refractivity contribution in [1.82, 2.24) is 4.31 Å². The number of hydrogen-bond donors (Lipinski definition) is 2. The number of rotatable bonds is 2. The predicted molar refractivity (Wildman–Crippen MR) is 73.8 cm³/mol. The minimum Gasteiger partial charge on any atom is -0.324 e. The van der Waals surface area contributed by atoms with E-state index in [9.17, 15) is 8.42 Å². The van der Waals surface area contributed by atoms with Crippen LogP contribution in [0.25, 0.3) is 0 Å². The van der Waals surface area contributed by atoms with Crippen LogP contribution in [0.3, 0.4) is 0 Å². The maximum atomic E-state index is 11.0. The van der Waals surface area contributed by atoms with Crippen LogP contribution in [-0.4, -0.2) is 34.2 Å². The highest BCUT2D eigenvalue weighted by Gasteiger charge is 2.33. The first-order chi connectivity index (χ1) is 8.88. The number of aliphatic imine (C=N–C) groups is 2. The zero-order chi connectivity index (χ0) is 14.0. The molecule has 0 aliphatic carbocycles. The maximum absolute atomic E-state index is 11.0. The van der Waals surface area contributed by atoms with E-state index in [1.807, 2.05) is 6.07 Å². The van der Waals surface area contributed by atoms with Crippen molar-refractivity contribution in [2.24, 2.45) is 9.98 Å². The molecule has 1 aliphatic heterocycles. The molecule has 7 nitrogen and oxygen atoms in total. The predicted octanol–water partition coefficient (Wildman–Crippen LogP) is 1.69. The van der Waals surface area contributed by atoms with Gasteiger partial charge >= 0.3 is 10.3 Å². The molecule has 102 valence electrons. The van der Waals surface area contributed by atoms with Gasteiger partial charge in [0.15, 0.2) is 0 Å². The fourth-order valence-electron chi connectivity index (χ4n) is 1.32. The molecule has 1 heterocycles. The average Bonchev–Trinajstić information content (AvgIpc) is 2.27. The summed E-state index contributed by atoms with van der Waals surface area (Å²) in [6, 6.07) is 8.92. The Balaban J connectivity index is 2.23. The van der Waals surface area contributed by atoms with Gasteiger partial charge in [-0.3, -0.25) is 4.55 Å². The van der Waals surface area contributed by atoms with Gasteiger partial charge in [0.05, 0.1) is 0 Å². The Morgan fingerprint density at radius 3 is 2.47 bits per heavy atom. The lowest BCUT2D eigenvalue weighted by molar-refractivity contribution is 0.413. The molecule has 19 heavy (non-hydrogen) atoms. The standard InChI is InChI=1S/C9H8Cl2N4O3S/c10-7-13-9(12-6-4-2-1-3-5-6)14-8(11)15(7)19(16,17)18/h1-5,7H,(H,12,13)(H,16,17,18). The molecular weight excluding hydrogens is 315 g/mol. The van der Waals surface area contributed by atoms with Crippen LogP contribution in [0, 0.1) is 0 Å². The molecule has 0 amide bonds. The molecule has 0 aromatic heterocycles. The van der Waals surface area contributed by atoms with Crippen LogP contribution in [0.15, 0.2) is 40.3 Å². The van der Waals surface area contributed by atoms with E-state index in [1.165, 1.54) is 0 Å². The van der Waals surface area contributed by atoms with Gasteiger partial charge in [-0.1, -0.05) is 29.8 Å². The molecule has 0 saturated carbocycles. The highest BCUT2D eigenvalue weighted by Crippen LogP contribution is 2.19. The highest BCUT2D eigenvalue weighted by atomic mass is 35.5. The van der Waals surface area contributed by atoms with Gasteiger partial charge < -0.3 is 5.32 Å². The number of nitrogens with one attached hydrogen (secondary N) is 1. The van der Waals surface area contributed by atoms with Crippen molar-refractivity contribution < 1.29 is 13.0 Å². The molecule has 2 N–H and O–H groups in total. The summed E-state index contributed by atoms with van der Waals surface area (Å²) in [5, 5.41) is 2.30. The Morgan fingerprint density at radius 1 is 1.32 bits per heavy atom. The third kappa shape index (κ3) is 3.35. The molecule has 1 unspecified atom stereocenters. The molecule has 0 spiro atoms. The molecule has 2 rings (SSSR count). The summed E-state index contributed by atoms with van der Waals surface area (Å²) in [7, 11) is -4.62. The Bertz CT molecular complexity index is 632. The summed E-state index contributed by atoms with van der Waals surface area (Å²) < 4.78 is 31.2. The van der Waals surface area contributed by atoms with Crippen LogP contribution in [0.1, 0.15) is 0 Å². The molecule has 1 aromatic carbocycles. The fourth-order valence-corrected chi connectivity index (χ4v) is 2.79. The quantitative estimate of drug-likeness (QED) is 0.492. The first-order valence-electron chi connectivity index (χ1n) is 4.93. The largest absolute Gasteiger partial charge is 0.364 e. The van der Waals surface area contributed by atoms with Gasteiger partial charge in [-0.15, -0.1) is 0 Å². The van der Waals surface area contributed by atoms with E-state index >= 15 is 0 Å². The Kier molecular flexibility index (Phi) is 3.95. The topological polar surface area (TPSA) is 94.4 Å². The zero-order valence-corrected chi connectivity index (χ0v) is 11.6. The van der Waals surface area contributed by atoms with E-state index in [0.29, 0.717) is 5.69 Å². The monoisotopic (exact) mass is 322 g/mol. The van der Waals surface area contributed by atoms with E-state index in [2.05, 4.69) is 15.3 Å². The number of halogens is 2. The van der Waals surface area contributed by atoms with Crippen LogP contribution in [0.2, 0.25) is 0 Å². The first kappa shape index (κ1) is 14.1. The van der Waals surface area contributed by atoms with E-state index < -0.39 is 21.2 Å². The van der Waals surface area contributed by atoms with Gasteiger partial charge in [0.2, 0.25) is 16.9 Å². The van der Waals surface area contributed by atoms with Crippen LogP contribution in [-0.2, 0) is 10.3 Å². The second-order valence-corrected chi connectivity index (χ2v) is 5.43. The number of alkyl halides is 1. The highest BCUT2D eigenvalue weighted by molar-refractivity contribution is 7.84. The number of benzene rings is 1. The number of anilines is 1. The van der Waals surface area contributed by atoms with Crippen LogP contribution >= 0.6 is 23.2 Å². The normalized spacial score (nSPS) is 19.7. The Morgan fingerprint density at radius 2 is 1.95 bits per heavy atom. The third-order valence-corrected chi connectivity index (χ3v) is 3.73. The van der Waals surface area contributed by atoms with Gasteiger partial charge in [-0.2, -0.15) is 17.7 Å². The van der Waals surface area contributed by atoms with Gasteiger partial charge in [0.1, 0.15) is 0 Å². The maximum Gasteiger partial charge on any atom is 0.364 e. The first-order valence-corrected chi connectivity index (χ1v) is 7.14. The van der Waals surface area contributed by atoms with Crippen molar-refractivity contribution >= 4 is 50.4 Å². The van der Waals surface area contributed by atoms with Crippen LogP contribution in [0.5, 0.6) is 0 Å². The second-order valence-electron chi connectivity index (χ2n) is 3.41. The van der Waals surface area contributed by atoms with Crippen LogP contribution < -0.4 is 5.32 Å². The third-order valence-electron chi connectivity index (χ3n) is 2.08. The molecule has 1 aliphatic rings. The zero-order valence-electron chi connectivity index (χ0n) is 9.23. The SMILES string of the molecule is O=S(=O)(O)N1C(Cl)=NC(Nc2ccccc2)=NC1Cl. The molecule has 0 radical (unpaired) electrons. The molecule has 0 saturated heterocycles. The van der Waals surface area contributed by atoms with E-state index in [4.69, 9.17) is 27.8 Å². The molecule has 1 atom stereocenters. The van der Waals surface area contributed by atoms with E-state index in [0.717, 1.165) is 0 Å². The number of nitrogens with zero attached hydrogens (tertiary/aromatic N) is 3. The minimum atomic E-state index is -4.62. The molecular formula is C9H8Cl2N4O3S. The molecule has 0 fully saturated rings. The number of amidine groups is 1. The van der Waals surface area contributed by atoms with E-state index in [-0.39, 0.29) is 10.3 Å². The summed E-state index contributed by atoms with van der Waals surface area (Å²) >= 11 is 11.4. The van der Waals surface area contributed by atoms with Gasteiger partial charge in [0, 0.05) is 5.69 Å². The van der Waals surface area contributed by atoms with Crippen LogP contribution in [0.4, 0.5) is 5.69 Å². The van der Waals surface area contributed by atoms with Gasteiger partial charge in [-0.05, 0) is 23.7 Å². The minimum absolute atomic E-state index is 0.0381. The number of hydrogen-bond acceptors (Lipinski definition) is 5. The summed E-state index contributed by atoms with van der Waals surface area (Å²) in [6.45, 7) is 0. The lowest BCUT2D eigenvalue weighted by atomic mass is 10.3. The van der Waals surface area contributed by atoms with Crippen molar-refractivity contribution in [2.75, 3.05) is 5.32 Å². The molecule has 0 bridgehead atoms. The van der Waals surface area contributed by atoms with Gasteiger partial charge in [0.25, 0.3) is 0 Å². The van der Waals surface area contributed by atoms with Crippen molar-refractivity contribution in [3.8, 4) is 0 Å². The van der Waals surface area contributed by atoms with Crippen molar-refractivity contribution in [2.45, 2.75) is 5.62 Å². The second kappa shape index (κ2) is 5.33. The fraction of sp³-hybridized carbons (Fsp3) is 0.111. The lowest BCUT2D eigenvalue weighted by Crippen LogP contribution is -2.42.